The highest BCUT2D eigenvalue weighted by Crippen LogP contribution is 2.24. The molecular weight excluding hydrogens is 402 g/mol. The number of nitrogens with zero attached hydrogens (tertiary/aromatic N) is 3. The summed E-state index contributed by atoms with van der Waals surface area (Å²) in [6.45, 7) is 8.11. The van der Waals surface area contributed by atoms with Gasteiger partial charge in [-0.2, -0.15) is 0 Å². The number of piperazine rings is 1. The van der Waals surface area contributed by atoms with Crippen LogP contribution in [0.5, 0.6) is 5.75 Å². The van der Waals surface area contributed by atoms with E-state index in [4.69, 9.17) is 4.74 Å². The van der Waals surface area contributed by atoms with Crippen LogP contribution in [0, 0.1) is 20.8 Å². The highest BCUT2D eigenvalue weighted by molar-refractivity contribution is 5.99. The van der Waals surface area contributed by atoms with Crippen LogP contribution < -0.4 is 4.74 Å². The Morgan fingerprint density at radius 1 is 0.781 bits per heavy atom. The summed E-state index contributed by atoms with van der Waals surface area (Å²) in [6.07, 6.45) is 0. The Labute approximate surface area is 189 Å². The summed E-state index contributed by atoms with van der Waals surface area (Å²) in [5.41, 5.74) is 5.42. The first-order chi connectivity index (χ1) is 15.4. The summed E-state index contributed by atoms with van der Waals surface area (Å²) in [4.78, 5) is 30.1. The monoisotopic (exact) mass is 431 g/mol. The van der Waals surface area contributed by atoms with Gasteiger partial charge in [0.1, 0.15) is 5.75 Å². The Balaban J connectivity index is 1.52. The molecule has 1 aliphatic rings. The average molecular weight is 432 g/mol. The van der Waals surface area contributed by atoms with Crippen molar-refractivity contribution in [2.75, 3.05) is 33.3 Å². The molecule has 1 fully saturated rings. The molecule has 2 amide bonds. The summed E-state index contributed by atoms with van der Waals surface area (Å²) in [5, 5.41) is 0. The molecule has 32 heavy (non-hydrogen) atoms. The van der Waals surface area contributed by atoms with Gasteiger partial charge < -0.3 is 19.1 Å². The standard InChI is InChI=1S/C26H29N3O3/c1-18-8-11-24(29-19(2)9-10-20(29)3)23(16-18)26(31)28-14-12-27(13-15-28)25(30)21-6-5-7-22(17-21)32-4/h5-11,16-17H,12-15H2,1-4H3. The maximum absolute atomic E-state index is 13.5. The van der Waals surface area contributed by atoms with Crippen molar-refractivity contribution in [1.29, 1.82) is 0 Å². The Kier molecular flexibility index (Phi) is 6.04. The Hall–Kier alpha value is -3.54. The number of rotatable bonds is 4. The molecule has 1 aliphatic heterocycles. The van der Waals surface area contributed by atoms with Crippen molar-refractivity contribution in [3.8, 4) is 11.4 Å². The van der Waals surface area contributed by atoms with Crippen molar-refractivity contribution in [3.63, 3.8) is 0 Å². The lowest BCUT2D eigenvalue weighted by Crippen LogP contribution is -2.50. The van der Waals surface area contributed by atoms with Crippen LogP contribution in [0.1, 0.15) is 37.7 Å². The minimum Gasteiger partial charge on any atom is -0.497 e. The molecule has 6 heteroatoms. The molecule has 0 unspecified atom stereocenters. The molecule has 4 rings (SSSR count). The maximum atomic E-state index is 13.5. The molecule has 0 aliphatic carbocycles. The third-order valence-electron chi connectivity index (χ3n) is 6.07. The van der Waals surface area contributed by atoms with Gasteiger partial charge in [0.05, 0.1) is 18.4 Å². The quantitative estimate of drug-likeness (QED) is 0.627. The van der Waals surface area contributed by atoms with Gasteiger partial charge in [-0.25, -0.2) is 0 Å². The molecule has 0 spiro atoms. The second-order valence-corrected chi connectivity index (χ2v) is 8.29. The van der Waals surface area contributed by atoms with Crippen molar-refractivity contribution < 1.29 is 14.3 Å². The van der Waals surface area contributed by atoms with Crippen LogP contribution in [0.25, 0.3) is 5.69 Å². The fourth-order valence-corrected chi connectivity index (χ4v) is 4.29. The van der Waals surface area contributed by atoms with Crippen LogP contribution in [0.15, 0.2) is 54.6 Å². The lowest BCUT2D eigenvalue weighted by molar-refractivity contribution is 0.0535. The van der Waals surface area contributed by atoms with Crippen LogP contribution in [0.4, 0.5) is 0 Å². The molecular formula is C26H29N3O3. The van der Waals surface area contributed by atoms with Gasteiger partial charge in [0.25, 0.3) is 11.8 Å². The van der Waals surface area contributed by atoms with Crippen LogP contribution in [-0.2, 0) is 0 Å². The Morgan fingerprint density at radius 3 is 2.03 bits per heavy atom. The van der Waals surface area contributed by atoms with E-state index in [1.54, 1.807) is 24.1 Å². The van der Waals surface area contributed by atoms with E-state index in [0.717, 1.165) is 22.6 Å². The van der Waals surface area contributed by atoms with Gasteiger partial charge in [0, 0.05) is 43.1 Å². The lowest BCUT2D eigenvalue weighted by atomic mass is 10.1. The average Bonchev–Trinajstić information content (AvgIpc) is 3.16. The van der Waals surface area contributed by atoms with E-state index in [1.807, 2.05) is 56.0 Å². The first-order valence-electron chi connectivity index (χ1n) is 10.9. The van der Waals surface area contributed by atoms with Crippen molar-refractivity contribution in [2.45, 2.75) is 20.8 Å². The molecule has 2 heterocycles. The first kappa shape index (κ1) is 21.7. The number of aryl methyl sites for hydroxylation is 3. The number of carbonyl (C=O) groups is 2. The summed E-state index contributed by atoms with van der Waals surface area (Å²) < 4.78 is 7.35. The molecule has 0 bridgehead atoms. The molecule has 6 nitrogen and oxygen atoms in total. The van der Waals surface area contributed by atoms with Crippen LogP contribution in [0.3, 0.4) is 0 Å². The summed E-state index contributed by atoms with van der Waals surface area (Å²) in [7, 11) is 1.59. The third-order valence-corrected chi connectivity index (χ3v) is 6.07. The van der Waals surface area contributed by atoms with Gasteiger partial charge in [-0.15, -0.1) is 0 Å². The van der Waals surface area contributed by atoms with Gasteiger partial charge in [0.15, 0.2) is 0 Å². The fourth-order valence-electron chi connectivity index (χ4n) is 4.29. The topological polar surface area (TPSA) is 54.8 Å². The molecule has 0 saturated carbocycles. The van der Waals surface area contributed by atoms with E-state index < -0.39 is 0 Å². The van der Waals surface area contributed by atoms with Crippen molar-refractivity contribution in [1.82, 2.24) is 14.4 Å². The van der Waals surface area contributed by atoms with E-state index >= 15 is 0 Å². The predicted molar refractivity (Wildman–Crippen MR) is 125 cm³/mol. The van der Waals surface area contributed by atoms with Crippen LogP contribution >= 0.6 is 0 Å². The van der Waals surface area contributed by atoms with Crippen molar-refractivity contribution >= 4 is 11.8 Å². The highest BCUT2D eigenvalue weighted by Gasteiger charge is 2.27. The number of ether oxygens (including phenoxy) is 1. The SMILES string of the molecule is COc1cccc(C(=O)N2CCN(C(=O)c3cc(C)ccc3-n3c(C)ccc3C)CC2)c1. The molecule has 0 radical (unpaired) electrons. The first-order valence-corrected chi connectivity index (χ1v) is 10.9. The Bertz CT molecular complexity index is 1140. The molecule has 0 N–H and O–H groups in total. The number of carbonyl (C=O) groups excluding carboxylic acids is 2. The zero-order chi connectivity index (χ0) is 22.8. The fraction of sp³-hybridized carbons (Fsp3) is 0.308. The van der Waals surface area contributed by atoms with Gasteiger partial charge in [-0.1, -0.05) is 17.7 Å². The normalized spacial score (nSPS) is 13.9. The highest BCUT2D eigenvalue weighted by atomic mass is 16.5. The van der Waals surface area contributed by atoms with E-state index in [9.17, 15) is 9.59 Å². The van der Waals surface area contributed by atoms with Crippen molar-refractivity contribution in [2.24, 2.45) is 0 Å². The number of methoxy groups -OCH3 is 1. The summed E-state index contributed by atoms with van der Waals surface area (Å²) in [6, 6.07) is 17.3. The van der Waals surface area contributed by atoms with Gasteiger partial charge >= 0.3 is 0 Å². The zero-order valence-corrected chi connectivity index (χ0v) is 19.1. The molecule has 1 saturated heterocycles. The van der Waals surface area contributed by atoms with E-state index in [0.29, 0.717) is 43.1 Å². The lowest BCUT2D eigenvalue weighted by Gasteiger charge is -2.35. The minimum absolute atomic E-state index is 0.00433. The smallest absolute Gasteiger partial charge is 0.256 e. The minimum atomic E-state index is -0.0363. The van der Waals surface area contributed by atoms with Crippen LogP contribution in [0.2, 0.25) is 0 Å². The van der Waals surface area contributed by atoms with Gasteiger partial charge in [-0.05, 0) is 63.2 Å². The van der Waals surface area contributed by atoms with E-state index in [-0.39, 0.29) is 11.8 Å². The molecule has 1 aromatic heterocycles. The number of aromatic nitrogens is 1. The number of hydrogen-bond donors (Lipinski definition) is 0. The van der Waals surface area contributed by atoms with Gasteiger partial charge in [0.2, 0.25) is 0 Å². The zero-order valence-electron chi connectivity index (χ0n) is 19.1. The van der Waals surface area contributed by atoms with E-state index in [2.05, 4.69) is 16.7 Å². The third kappa shape index (κ3) is 4.13. The largest absolute Gasteiger partial charge is 0.497 e. The van der Waals surface area contributed by atoms with Gasteiger partial charge in [-0.3, -0.25) is 9.59 Å². The second-order valence-electron chi connectivity index (χ2n) is 8.29. The Morgan fingerprint density at radius 2 is 1.41 bits per heavy atom. The second kappa shape index (κ2) is 8.91. The molecule has 2 aromatic carbocycles. The predicted octanol–water partition coefficient (Wildman–Crippen LogP) is 4.01. The molecule has 3 aromatic rings. The molecule has 166 valence electrons. The summed E-state index contributed by atoms with van der Waals surface area (Å²) >= 11 is 0. The maximum Gasteiger partial charge on any atom is 0.256 e. The van der Waals surface area contributed by atoms with Crippen LogP contribution in [-0.4, -0.2) is 59.5 Å². The number of benzene rings is 2. The van der Waals surface area contributed by atoms with Crippen molar-refractivity contribution in [3.05, 3.63) is 82.7 Å². The molecule has 0 atom stereocenters. The number of amides is 2. The number of hydrogen-bond acceptors (Lipinski definition) is 3. The summed E-state index contributed by atoms with van der Waals surface area (Å²) in [5.74, 6) is 0.628. The van der Waals surface area contributed by atoms with E-state index in [1.165, 1.54) is 0 Å².